The van der Waals surface area contributed by atoms with Gasteiger partial charge in [0.2, 0.25) is 0 Å². The van der Waals surface area contributed by atoms with Gasteiger partial charge < -0.3 is 9.84 Å². The number of hydrogen-bond donors (Lipinski definition) is 2. The second kappa shape index (κ2) is 7.21. The molecule has 2 aromatic rings. The van der Waals surface area contributed by atoms with Gasteiger partial charge in [-0.05, 0) is 23.3 Å². The number of nitrogens with one attached hydrogen (secondary N) is 1. The highest BCUT2D eigenvalue weighted by Gasteiger charge is 2.10. The van der Waals surface area contributed by atoms with E-state index in [2.05, 4.69) is 5.32 Å². The normalized spacial score (nSPS) is 10.0. The Morgan fingerprint density at radius 2 is 1.86 bits per heavy atom. The van der Waals surface area contributed by atoms with Gasteiger partial charge in [0.05, 0.1) is 6.42 Å². The molecule has 0 spiro atoms. The Balaban J connectivity index is 1.91. The third-order valence-corrected chi connectivity index (χ3v) is 2.85. The Morgan fingerprint density at radius 3 is 2.50 bits per heavy atom. The second-order valence-corrected chi connectivity index (χ2v) is 4.56. The first-order valence-electron chi connectivity index (χ1n) is 6.52. The van der Waals surface area contributed by atoms with Gasteiger partial charge in [-0.1, -0.05) is 36.4 Å². The van der Waals surface area contributed by atoms with E-state index in [1.807, 2.05) is 30.3 Å². The van der Waals surface area contributed by atoms with Crippen LogP contribution in [0.3, 0.4) is 0 Å². The molecule has 2 rings (SSSR count). The van der Waals surface area contributed by atoms with Crippen LogP contribution in [0.1, 0.15) is 11.1 Å². The maximum atomic E-state index is 13.7. The van der Waals surface area contributed by atoms with Crippen LogP contribution >= 0.6 is 0 Å². The zero-order valence-electron chi connectivity index (χ0n) is 11.6. The lowest BCUT2D eigenvalue weighted by Gasteiger charge is -2.08. The van der Waals surface area contributed by atoms with E-state index < -0.39 is 24.3 Å². The number of carboxylic acids is 1. The fourth-order valence-corrected chi connectivity index (χ4v) is 1.81. The highest BCUT2D eigenvalue weighted by atomic mass is 19.1. The Kier molecular flexibility index (Phi) is 5.08. The van der Waals surface area contributed by atoms with Crippen molar-refractivity contribution in [2.75, 3.05) is 5.32 Å². The van der Waals surface area contributed by atoms with Gasteiger partial charge in [-0.2, -0.15) is 0 Å². The van der Waals surface area contributed by atoms with Gasteiger partial charge in [0.15, 0.2) is 0 Å². The predicted octanol–water partition coefficient (Wildman–Crippen LogP) is 3.20. The maximum Gasteiger partial charge on any atom is 0.411 e. The van der Waals surface area contributed by atoms with Crippen molar-refractivity contribution in [3.05, 3.63) is 65.5 Å². The minimum Gasteiger partial charge on any atom is -0.481 e. The number of rotatable bonds is 5. The third kappa shape index (κ3) is 4.59. The SMILES string of the molecule is O=C(O)Cc1ccc(NC(=O)OCc2ccccc2)cc1F. The topological polar surface area (TPSA) is 75.6 Å². The molecule has 5 nitrogen and oxygen atoms in total. The molecule has 22 heavy (non-hydrogen) atoms. The molecule has 0 saturated carbocycles. The lowest BCUT2D eigenvalue weighted by Crippen LogP contribution is -2.14. The average molecular weight is 303 g/mol. The largest absolute Gasteiger partial charge is 0.481 e. The van der Waals surface area contributed by atoms with Crippen molar-refractivity contribution in [2.45, 2.75) is 13.0 Å². The number of amides is 1. The monoisotopic (exact) mass is 303 g/mol. The van der Waals surface area contributed by atoms with E-state index in [0.29, 0.717) is 0 Å². The van der Waals surface area contributed by atoms with Gasteiger partial charge in [-0.25, -0.2) is 9.18 Å². The van der Waals surface area contributed by atoms with E-state index >= 15 is 0 Å². The van der Waals surface area contributed by atoms with Crippen molar-refractivity contribution in [1.82, 2.24) is 0 Å². The van der Waals surface area contributed by atoms with Crippen LogP contribution in [0, 0.1) is 5.82 Å². The van der Waals surface area contributed by atoms with Crippen LogP contribution in [0.15, 0.2) is 48.5 Å². The van der Waals surface area contributed by atoms with Crippen molar-refractivity contribution in [3.8, 4) is 0 Å². The molecule has 0 saturated heterocycles. The fraction of sp³-hybridized carbons (Fsp3) is 0.125. The van der Waals surface area contributed by atoms with E-state index in [0.717, 1.165) is 11.6 Å². The van der Waals surface area contributed by atoms with E-state index in [-0.39, 0.29) is 17.9 Å². The molecule has 2 N–H and O–H groups in total. The van der Waals surface area contributed by atoms with Gasteiger partial charge in [0, 0.05) is 5.69 Å². The van der Waals surface area contributed by atoms with Gasteiger partial charge in [0.1, 0.15) is 12.4 Å². The molecule has 6 heteroatoms. The summed E-state index contributed by atoms with van der Waals surface area (Å²) in [6.45, 7) is 0.103. The predicted molar refractivity (Wildman–Crippen MR) is 78.0 cm³/mol. The number of aliphatic carboxylic acids is 1. The molecule has 0 unspecified atom stereocenters. The molecule has 1 amide bonds. The summed E-state index contributed by atoms with van der Waals surface area (Å²) in [6.07, 6.45) is -1.13. The summed E-state index contributed by atoms with van der Waals surface area (Å²) in [6, 6.07) is 12.9. The summed E-state index contributed by atoms with van der Waals surface area (Å²) < 4.78 is 18.7. The average Bonchev–Trinajstić information content (AvgIpc) is 2.49. The number of carbonyl (C=O) groups is 2. The number of anilines is 1. The minimum atomic E-state index is -1.12. The van der Waals surface area contributed by atoms with Crippen molar-refractivity contribution < 1.29 is 23.8 Å². The fourth-order valence-electron chi connectivity index (χ4n) is 1.81. The molecule has 0 aromatic heterocycles. The molecular formula is C16H14FNO4. The quantitative estimate of drug-likeness (QED) is 0.889. The van der Waals surface area contributed by atoms with Gasteiger partial charge in [0.25, 0.3) is 0 Å². The van der Waals surface area contributed by atoms with Crippen molar-refractivity contribution >= 4 is 17.7 Å². The summed E-state index contributed by atoms with van der Waals surface area (Å²) in [5, 5.41) is 11.0. The molecule has 0 radical (unpaired) electrons. The molecule has 0 aliphatic rings. The zero-order valence-corrected chi connectivity index (χ0v) is 11.6. The molecule has 0 heterocycles. The summed E-state index contributed by atoms with van der Waals surface area (Å²) in [7, 11) is 0. The second-order valence-electron chi connectivity index (χ2n) is 4.56. The van der Waals surface area contributed by atoms with Crippen LogP contribution in [-0.4, -0.2) is 17.2 Å². The first-order chi connectivity index (χ1) is 10.5. The molecule has 0 fully saturated rings. The Morgan fingerprint density at radius 1 is 1.14 bits per heavy atom. The Labute approximate surface area is 126 Å². The summed E-state index contributed by atoms with van der Waals surface area (Å²) in [5.41, 5.74) is 1.08. The van der Waals surface area contributed by atoms with Gasteiger partial charge in [-0.3, -0.25) is 10.1 Å². The molecule has 0 atom stereocenters. The molecule has 0 aliphatic heterocycles. The van der Waals surface area contributed by atoms with Crippen LogP contribution in [0.2, 0.25) is 0 Å². The van der Waals surface area contributed by atoms with E-state index in [1.165, 1.54) is 12.1 Å². The van der Waals surface area contributed by atoms with E-state index in [9.17, 15) is 14.0 Å². The number of hydrogen-bond acceptors (Lipinski definition) is 3. The van der Waals surface area contributed by atoms with Gasteiger partial charge >= 0.3 is 12.1 Å². The van der Waals surface area contributed by atoms with Crippen LogP contribution in [0.25, 0.3) is 0 Å². The van der Waals surface area contributed by atoms with Crippen LogP contribution in [0.4, 0.5) is 14.9 Å². The number of carbonyl (C=O) groups excluding carboxylic acids is 1. The van der Waals surface area contributed by atoms with Crippen LogP contribution in [-0.2, 0) is 22.6 Å². The lowest BCUT2D eigenvalue weighted by atomic mass is 10.1. The molecular weight excluding hydrogens is 289 g/mol. The highest BCUT2D eigenvalue weighted by molar-refractivity contribution is 5.84. The standard InChI is InChI=1S/C16H14FNO4/c17-14-9-13(7-6-12(14)8-15(19)20)18-16(21)22-10-11-4-2-1-3-5-11/h1-7,9H,8,10H2,(H,18,21)(H,19,20). The molecule has 0 aliphatic carbocycles. The number of benzene rings is 2. The Hall–Kier alpha value is -2.89. The summed E-state index contributed by atoms with van der Waals surface area (Å²) in [5.74, 6) is -1.81. The molecule has 114 valence electrons. The Bertz CT molecular complexity index is 673. The van der Waals surface area contributed by atoms with Crippen LogP contribution in [0.5, 0.6) is 0 Å². The van der Waals surface area contributed by atoms with E-state index in [4.69, 9.17) is 9.84 Å². The lowest BCUT2D eigenvalue weighted by molar-refractivity contribution is -0.136. The number of carboxylic acid groups (broad SMARTS) is 1. The number of ether oxygens (including phenoxy) is 1. The molecule has 2 aromatic carbocycles. The third-order valence-electron chi connectivity index (χ3n) is 2.85. The summed E-state index contributed by atoms with van der Waals surface area (Å²) >= 11 is 0. The van der Waals surface area contributed by atoms with Gasteiger partial charge in [-0.15, -0.1) is 0 Å². The maximum absolute atomic E-state index is 13.7. The first kappa shape index (κ1) is 15.5. The molecule has 0 bridgehead atoms. The number of halogens is 1. The van der Waals surface area contributed by atoms with Crippen molar-refractivity contribution in [3.63, 3.8) is 0 Å². The highest BCUT2D eigenvalue weighted by Crippen LogP contribution is 2.15. The van der Waals surface area contributed by atoms with Crippen molar-refractivity contribution in [2.24, 2.45) is 0 Å². The first-order valence-corrected chi connectivity index (χ1v) is 6.52. The van der Waals surface area contributed by atoms with Crippen molar-refractivity contribution in [1.29, 1.82) is 0 Å². The zero-order chi connectivity index (χ0) is 15.9. The smallest absolute Gasteiger partial charge is 0.411 e. The van der Waals surface area contributed by atoms with Crippen LogP contribution < -0.4 is 5.32 Å². The minimum absolute atomic E-state index is 0.0516. The van der Waals surface area contributed by atoms with E-state index in [1.54, 1.807) is 0 Å². The summed E-state index contributed by atoms with van der Waals surface area (Å²) in [4.78, 5) is 22.2.